The van der Waals surface area contributed by atoms with Crippen LogP contribution in [-0.2, 0) is 0 Å². The maximum absolute atomic E-state index is 13.1. The van der Waals surface area contributed by atoms with Gasteiger partial charge in [-0.15, -0.1) is 5.10 Å². The SMILES string of the molecule is CCCOc1ccc(/C=c2\sc3nc(-c4ccc(F)cc4)nn3c2=O)cc1. The molecule has 2 aromatic carbocycles. The molecule has 7 heteroatoms. The molecule has 2 aromatic heterocycles. The van der Waals surface area contributed by atoms with Gasteiger partial charge in [0.2, 0.25) is 4.96 Å². The molecule has 0 spiro atoms. The summed E-state index contributed by atoms with van der Waals surface area (Å²) in [4.78, 5) is 17.5. The Kier molecular flexibility index (Phi) is 4.68. The Morgan fingerprint density at radius 1 is 1.15 bits per heavy atom. The molecule has 0 amide bonds. The third-order valence-electron chi connectivity index (χ3n) is 3.93. The Morgan fingerprint density at radius 3 is 2.56 bits per heavy atom. The second kappa shape index (κ2) is 7.28. The number of hydrogen-bond acceptors (Lipinski definition) is 5. The van der Waals surface area contributed by atoms with Crippen LogP contribution >= 0.6 is 11.3 Å². The first-order valence-corrected chi connectivity index (χ1v) is 9.36. The summed E-state index contributed by atoms with van der Waals surface area (Å²) < 4.78 is 20.5. The second-order valence-corrected chi connectivity index (χ2v) is 6.98. The van der Waals surface area contributed by atoms with Gasteiger partial charge >= 0.3 is 0 Å². The van der Waals surface area contributed by atoms with Crippen LogP contribution in [0.4, 0.5) is 4.39 Å². The summed E-state index contributed by atoms with van der Waals surface area (Å²) in [5.74, 6) is 0.887. The van der Waals surface area contributed by atoms with Crippen LogP contribution in [0.3, 0.4) is 0 Å². The van der Waals surface area contributed by atoms with Gasteiger partial charge in [0, 0.05) is 5.56 Å². The van der Waals surface area contributed by atoms with E-state index in [2.05, 4.69) is 17.0 Å². The van der Waals surface area contributed by atoms with Crippen molar-refractivity contribution in [2.24, 2.45) is 0 Å². The zero-order valence-electron chi connectivity index (χ0n) is 14.6. The monoisotopic (exact) mass is 381 g/mol. The summed E-state index contributed by atoms with van der Waals surface area (Å²) in [5.41, 5.74) is 1.35. The normalized spacial score (nSPS) is 12.0. The fraction of sp³-hybridized carbons (Fsp3) is 0.150. The Hall–Kier alpha value is -3.06. The maximum atomic E-state index is 13.1. The summed E-state index contributed by atoms with van der Waals surface area (Å²) in [6, 6.07) is 13.5. The van der Waals surface area contributed by atoms with E-state index in [4.69, 9.17) is 4.74 Å². The lowest BCUT2D eigenvalue weighted by Gasteiger charge is -2.03. The number of hydrogen-bond donors (Lipinski definition) is 0. The van der Waals surface area contributed by atoms with E-state index in [0.29, 0.717) is 27.5 Å². The highest BCUT2D eigenvalue weighted by Crippen LogP contribution is 2.17. The highest BCUT2D eigenvalue weighted by molar-refractivity contribution is 7.15. The fourth-order valence-corrected chi connectivity index (χ4v) is 3.49. The standard InChI is InChI=1S/C20H16FN3O2S/c1-2-11-26-16-9-3-13(4-10-16)12-17-19(25)24-20(27-17)22-18(23-24)14-5-7-15(21)8-6-14/h3-10,12H,2,11H2,1H3/b17-12-. The molecule has 2 heterocycles. The molecular weight excluding hydrogens is 365 g/mol. The van der Waals surface area contributed by atoms with Crippen molar-refractivity contribution in [2.75, 3.05) is 6.61 Å². The summed E-state index contributed by atoms with van der Waals surface area (Å²) in [7, 11) is 0. The Labute approximate surface area is 158 Å². The van der Waals surface area contributed by atoms with E-state index < -0.39 is 0 Å². The third-order valence-corrected chi connectivity index (χ3v) is 4.89. The van der Waals surface area contributed by atoms with Crippen molar-refractivity contribution in [3.05, 3.63) is 74.8 Å². The van der Waals surface area contributed by atoms with Crippen molar-refractivity contribution >= 4 is 22.4 Å². The maximum Gasteiger partial charge on any atom is 0.291 e. The average Bonchev–Trinajstić information content (AvgIpc) is 3.22. The molecule has 0 saturated carbocycles. The number of fused-ring (bicyclic) bond motifs is 1. The van der Waals surface area contributed by atoms with E-state index in [1.807, 2.05) is 30.3 Å². The molecule has 4 aromatic rings. The van der Waals surface area contributed by atoms with E-state index in [9.17, 15) is 9.18 Å². The van der Waals surface area contributed by atoms with Crippen LogP contribution in [0.25, 0.3) is 22.4 Å². The molecule has 0 unspecified atom stereocenters. The van der Waals surface area contributed by atoms with Gasteiger partial charge in [0.25, 0.3) is 5.56 Å². The number of nitrogens with zero attached hydrogens (tertiary/aromatic N) is 3. The second-order valence-electron chi connectivity index (χ2n) is 5.97. The minimum Gasteiger partial charge on any atom is -0.494 e. The van der Waals surface area contributed by atoms with Crippen LogP contribution in [0.15, 0.2) is 53.3 Å². The van der Waals surface area contributed by atoms with Gasteiger partial charge in [0.1, 0.15) is 11.6 Å². The van der Waals surface area contributed by atoms with Gasteiger partial charge in [-0.25, -0.2) is 4.39 Å². The molecular formula is C20H16FN3O2S. The summed E-state index contributed by atoms with van der Waals surface area (Å²) in [6.45, 7) is 2.73. The number of halogens is 1. The zero-order chi connectivity index (χ0) is 18.8. The van der Waals surface area contributed by atoms with Gasteiger partial charge in [0.15, 0.2) is 5.82 Å². The van der Waals surface area contributed by atoms with Crippen molar-refractivity contribution in [1.29, 1.82) is 0 Å². The largest absolute Gasteiger partial charge is 0.494 e. The molecule has 0 radical (unpaired) electrons. The summed E-state index contributed by atoms with van der Waals surface area (Å²) in [5, 5.41) is 4.26. The first-order chi connectivity index (χ1) is 13.1. The Balaban J connectivity index is 1.66. The van der Waals surface area contributed by atoms with Gasteiger partial charge in [-0.3, -0.25) is 4.79 Å². The lowest BCUT2D eigenvalue weighted by Crippen LogP contribution is -2.23. The molecule has 0 aliphatic heterocycles. The van der Waals surface area contributed by atoms with Gasteiger partial charge in [0.05, 0.1) is 11.1 Å². The van der Waals surface area contributed by atoms with Crippen molar-refractivity contribution in [3.63, 3.8) is 0 Å². The minimum atomic E-state index is -0.327. The number of ether oxygens (including phenoxy) is 1. The molecule has 4 rings (SSSR count). The summed E-state index contributed by atoms with van der Waals surface area (Å²) >= 11 is 1.27. The minimum absolute atomic E-state index is 0.220. The lowest BCUT2D eigenvalue weighted by atomic mass is 10.2. The first kappa shape index (κ1) is 17.4. The highest BCUT2D eigenvalue weighted by Gasteiger charge is 2.12. The quantitative estimate of drug-likeness (QED) is 0.532. The van der Waals surface area contributed by atoms with E-state index >= 15 is 0 Å². The van der Waals surface area contributed by atoms with Crippen molar-refractivity contribution in [1.82, 2.24) is 14.6 Å². The molecule has 136 valence electrons. The Morgan fingerprint density at radius 2 is 1.89 bits per heavy atom. The van der Waals surface area contributed by atoms with Crippen LogP contribution in [-0.4, -0.2) is 21.2 Å². The van der Waals surface area contributed by atoms with Gasteiger partial charge < -0.3 is 4.74 Å². The predicted molar refractivity (Wildman–Crippen MR) is 104 cm³/mol. The van der Waals surface area contributed by atoms with Crippen LogP contribution < -0.4 is 14.8 Å². The van der Waals surface area contributed by atoms with Crippen LogP contribution in [0.1, 0.15) is 18.9 Å². The first-order valence-electron chi connectivity index (χ1n) is 8.54. The Bertz CT molecular complexity index is 1180. The molecule has 0 aliphatic rings. The molecule has 5 nitrogen and oxygen atoms in total. The van der Waals surface area contributed by atoms with Gasteiger partial charge in [-0.1, -0.05) is 30.4 Å². The van der Waals surface area contributed by atoms with E-state index in [1.54, 1.807) is 12.1 Å². The number of aromatic nitrogens is 3. The molecule has 0 aliphatic carbocycles. The van der Waals surface area contributed by atoms with E-state index in [-0.39, 0.29) is 11.4 Å². The van der Waals surface area contributed by atoms with E-state index in [1.165, 1.54) is 28.0 Å². The average molecular weight is 381 g/mol. The number of benzene rings is 2. The number of rotatable bonds is 5. The lowest BCUT2D eigenvalue weighted by molar-refractivity contribution is 0.317. The predicted octanol–water partition coefficient (Wildman–Crippen LogP) is 3.29. The molecule has 0 atom stereocenters. The van der Waals surface area contributed by atoms with Gasteiger partial charge in [-0.05, 0) is 54.5 Å². The molecule has 0 bridgehead atoms. The van der Waals surface area contributed by atoms with Crippen LogP contribution in [0, 0.1) is 5.82 Å². The highest BCUT2D eigenvalue weighted by atomic mass is 32.1. The third kappa shape index (κ3) is 3.59. The van der Waals surface area contributed by atoms with Crippen molar-refractivity contribution in [3.8, 4) is 17.1 Å². The topological polar surface area (TPSA) is 56.5 Å². The zero-order valence-corrected chi connectivity index (χ0v) is 15.4. The summed E-state index contributed by atoms with van der Waals surface area (Å²) in [6.07, 6.45) is 2.76. The van der Waals surface area contributed by atoms with Crippen molar-refractivity contribution < 1.29 is 9.13 Å². The molecule has 0 N–H and O–H groups in total. The smallest absolute Gasteiger partial charge is 0.291 e. The molecule has 0 fully saturated rings. The number of thiazole rings is 1. The van der Waals surface area contributed by atoms with Crippen molar-refractivity contribution in [2.45, 2.75) is 13.3 Å². The van der Waals surface area contributed by atoms with Crippen LogP contribution in [0.5, 0.6) is 5.75 Å². The van der Waals surface area contributed by atoms with E-state index in [0.717, 1.165) is 17.7 Å². The molecule has 27 heavy (non-hydrogen) atoms. The molecule has 0 saturated heterocycles. The fourth-order valence-electron chi connectivity index (χ4n) is 2.59. The van der Waals surface area contributed by atoms with Gasteiger partial charge in [-0.2, -0.15) is 9.50 Å². The van der Waals surface area contributed by atoms with Crippen LogP contribution in [0.2, 0.25) is 0 Å².